The minimum Gasteiger partial charge on any atom is -0.119 e. The summed E-state index contributed by atoms with van der Waals surface area (Å²) in [4.78, 5) is 0. The monoisotopic (exact) mass is 230 g/mol. The van der Waals surface area contributed by atoms with Gasteiger partial charge in [-0.3, -0.25) is 0 Å². The first-order valence-electron chi connectivity index (χ1n) is 5.89. The van der Waals surface area contributed by atoms with Crippen molar-refractivity contribution in [3.63, 3.8) is 0 Å². The van der Waals surface area contributed by atoms with Crippen LogP contribution in [-0.4, -0.2) is 0 Å². The van der Waals surface area contributed by atoms with Gasteiger partial charge < -0.3 is 0 Å². The lowest BCUT2D eigenvalue weighted by molar-refractivity contribution is 0.781. The van der Waals surface area contributed by atoms with Gasteiger partial charge in [0.2, 0.25) is 0 Å². The topological polar surface area (TPSA) is 0 Å². The molecular weight excluding hydrogens is 216 g/mol. The molecule has 2 atom stereocenters. The Morgan fingerprint density at radius 3 is 1.22 bits per heavy atom. The third-order valence-electron chi connectivity index (χ3n) is 3.01. The second-order valence-electron chi connectivity index (χ2n) is 4.11. The van der Waals surface area contributed by atoms with Crippen LogP contribution in [-0.2, 0) is 0 Å². The Bertz CT molecular complexity index is 511. The molecule has 0 aliphatic carbocycles. The first-order chi connectivity index (χ1) is 8.86. The van der Waals surface area contributed by atoms with Gasteiger partial charge in [-0.25, -0.2) is 0 Å². The van der Waals surface area contributed by atoms with Crippen LogP contribution in [0.5, 0.6) is 0 Å². The van der Waals surface area contributed by atoms with E-state index in [1.165, 1.54) is 0 Å². The van der Waals surface area contributed by atoms with Crippen molar-refractivity contribution < 1.29 is 0 Å². The highest BCUT2D eigenvalue weighted by Gasteiger charge is 2.20. The molecular formula is C18H14. The van der Waals surface area contributed by atoms with E-state index >= 15 is 0 Å². The van der Waals surface area contributed by atoms with Crippen molar-refractivity contribution in [3.05, 3.63) is 71.8 Å². The van der Waals surface area contributed by atoms with E-state index in [1.54, 1.807) is 0 Å². The number of rotatable bonds is 3. The third-order valence-corrected chi connectivity index (χ3v) is 3.01. The molecule has 86 valence electrons. The Balaban J connectivity index is 2.39. The van der Waals surface area contributed by atoms with Crippen LogP contribution in [0.2, 0.25) is 0 Å². The first-order valence-corrected chi connectivity index (χ1v) is 5.89. The molecule has 0 heterocycles. The van der Waals surface area contributed by atoms with E-state index in [-0.39, 0.29) is 11.8 Å². The maximum atomic E-state index is 5.67. The van der Waals surface area contributed by atoms with E-state index in [2.05, 4.69) is 11.8 Å². The Labute approximate surface area is 109 Å². The first kappa shape index (κ1) is 12.0. The lowest BCUT2D eigenvalue weighted by Crippen LogP contribution is -2.08. The average molecular weight is 230 g/mol. The van der Waals surface area contributed by atoms with Crippen LogP contribution in [0, 0.1) is 24.7 Å². The largest absolute Gasteiger partial charge is 0.119 e. The third kappa shape index (κ3) is 2.45. The zero-order chi connectivity index (χ0) is 12.8. The minimum atomic E-state index is -0.0846. The molecule has 2 aromatic carbocycles. The Hall–Kier alpha value is -2.44. The summed E-state index contributed by atoms with van der Waals surface area (Å²) >= 11 is 0. The van der Waals surface area contributed by atoms with Gasteiger partial charge in [0, 0.05) is 0 Å². The summed E-state index contributed by atoms with van der Waals surface area (Å²) in [5, 5.41) is 0. The highest BCUT2D eigenvalue weighted by molar-refractivity contribution is 5.39. The molecule has 0 amide bonds. The van der Waals surface area contributed by atoms with Gasteiger partial charge in [0.15, 0.2) is 0 Å². The number of benzene rings is 2. The molecule has 18 heavy (non-hydrogen) atoms. The molecule has 0 aliphatic rings. The fourth-order valence-corrected chi connectivity index (χ4v) is 2.09. The van der Waals surface area contributed by atoms with Gasteiger partial charge in [-0.2, -0.15) is 0 Å². The maximum absolute atomic E-state index is 5.67. The summed E-state index contributed by atoms with van der Waals surface area (Å²) < 4.78 is 0. The van der Waals surface area contributed by atoms with E-state index in [0.717, 1.165) is 11.1 Å². The molecule has 0 saturated heterocycles. The molecule has 0 aliphatic heterocycles. The van der Waals surface area contributed by atoms with Crippen molar-refractivity contribution >= 4 is 0 Å². The predicted octanol–water partition coefficient (Wildman–Crippen LogP) is 3.82. The Morgan fingerprint density at radius 1 is 0.611 bits per heavy atom. The Morgan fingerprint density at radius 2 is 0.944 bits per heavy atom. The maximum Gasteiger partial charge on any atom is 0.0628 e. The molecule has 0 aromatic heterocycles. The summed E-state index contributed by atoms with van der Waals surface area (Å²) in [5.74, 6) is 5.48. The minimum absolute atomic E-state index is 0.0846. The van der Waals surface area contributed by atoms with Gasteiger partial charge in [-0.15, -0.1) is 12.8 Å². The average Bonchev–Trinajstić information content (AvgIpc) is 2.46. The standard InChI is InChI=1S/C18H14/c1-3-17(15-11-7-5-8-12-15)18(4-2)16-13-9-6-10-14-16/h1-2,5-14,17-18H/t17-,18-/m1/s1. The van der Waals surface area contributed by atoms with E-state index < -0.39 is 0 Å². The van der Waals surface area contributed by atoms with Crippen molar-refractivity contribution in [2.75, 3.05) is 0 Å². The smallest absolute Gasteiger partial charge is 0.0628 e. The molecule has 0 fully saturated rings. The van der Waals surface area contributed by atoms with Gasteiger partial charge in [0.05, 0.1) is 11.8 Å². The van der Waals surface area contributed by atoms with Crippen LogP contribution in [0.1, 0.15) is 23.0 Å². The van der Waals surface area contributed by atoms with Gasteiger partial charge in [0.25, 0.3) is 0 Å². The summed E-state index contributed by atoms with van der Waals surface area (Å²) in [7, 11) is 0. The Kier molecular flexibility index (Phi) is 3.85. The lowest BCUT2D eigenvalue weighted by Gasteiger charge is -2.19. The number of hydrogen-bond donors (Lipinski definition) is 0. The van der Waals surface area contributed by atoms with Crippen molar-refractivity contribution in [2.45, 2.75) is 11.8 Å². The van der Waals surface area contributed by atoms with Gasteiger partial charge in [-0.05, 0) is 11.1 Å². The highest BCUT2D eigenvalue weighted by atomic mass is 14.2. The zero-order valence-electron chi connectivity index (χ0n) is 10.1. The summed E-state index contributed by atoms with van der Waals surface area (Å²) in [6.07, 6.45) is 11.3. The molecule has 0 unspecified atom stereocenters. The van der Waals surface area contributed by atoms with Crippen LogP contribution in [0.3, 0.4) is 0 Å². The summed E-state index contributed by atoms with van der Waals surface area (Å²) in [5.41, 5.74) is 2.18. The molecule has 0 nitrogen and oxygen atoms in total. The van der Waals surface area contributed by atoms with Crippen molar-refractivity contribution in [1.82, 2.24) is 0 Å². The molecule has 0 spiro atoms. The van der Waals surface area contributed by atoms with Crippen LogP contribution in [0.15, 0.2) is 60.7 Å². The molecule has 0 heteroatoms. The number of terminal acetylenes is 2. The normalized spacial score (nSPS) is 13.0. The van der Waals surface area contributed by atoms with Crippen LogP contribution >= 0.6 is 0 Å². The van der Waals surface area contributed by atoms with Gasteiger partial charge >= 0.3 is 0 Å². The predicted molar refractivity (Wildman–Crippen MR) is 76.0 cm³/mol. The van der Waals surface area contributed by atoms with Crippen LogP contribution < -0.4 is 0 Å². The van der Waals surface area contributed by atoms with Crippen LogP contribution in [0.4, 0.5) is 0 Å². The molecule has 0 N–H and O–H groups in total. The molecule has 0 bridgehead atoms. The van der Waals surface area contributed by atoms with Crippen molar-refractivity contribution in [2.24, 2.45) is 0 Å². The molecule has 0 radical (unpaired) electrons. The second kappa shape index (κ2) is 5.76. The lowest BCUT2D eigenvalue weighted by atomic mass is 9.82. The fourth-order valence-electron chi connectivity index (χ4n) is 2.09. The second-order valence-corrected chi connectivity index (χ2v) is 4.11. The molecule has 0 saturated carbocycles. The van der Waals surface area contributed by atoms with Crippen LogP contribution in [0.25, 0.3) is 0 Å². The van der Waals surface area contributed by atoms with Gasteiger partial charge in [0.1, 0.15) is 0 Å². The quantitative estimate of drug-likeness (QED) is 0.703. The highest BCUT2D eigenvalue weighted by Crippen LogP contribution is 2.31. The summed E-state index contributed by atoms with van der Waals surface area (Å²) in [6.45, 7) is 0. The zero-order valence-corrected chi connectivity index (χ0v) is 10.1. The van der Waals surface area contributed by atoms with E-state index in [4.69, 9.17) is 12.8 Å². The van der Waals surface area contributed by atoms with E-state index in [1.807, 2.05) is 60.7 Å². The summed E-state index contributed by atoms with van der Waals surface area (Å²) in [6, 6.07) is 20.0. The molecule has 2 rings (SSSR count). The van der Waals surface area contributed by atoms with Gasteiger partial charge in [-0.1, -0.05) is 72.5 Å². The van der Waals surface area contributed by atoms with Crippen molar-refractivity contribution in [3.8, 4) is 24.7 Å². The fraction of sp³-hybridized carbons (Fsp3) is 0.111. The van der Waals surface area contributed by atoms with Crippen molar-refractivity contribution in [1.29, 1.82) is 0 Å². The number of hydrogen-bond acceptors (Lipinski definition) is 0. The van der Waals surface area contributed by atoms with E-state index in [9.17, 15) is 0 Å². The SMILES string of the molecule is C#C[C@H](c1ccccc1)[C@H](C#C)c1ccccc1. The van der Waals surface area contributed by atoms with E-state index in [0.29, 0.717) is 0 Å². The molecule has 2 aromatic rings.